The molecule has 0 N–H and O–H groups in total. The lowest BCUT2D eigenvalue weighted by atomic mass is 9.61. The molecule has 2 aromatic heterocycles. The first-order valence-corrected chi connectivity index (χ1v) is 7.76. The zero-order valence-corrected chi connectivity index (χ0v) is 11.8. The largest absolute Gasteiger partial charge is 0.460 e. The highest BCUT2D eigenvalue weighted by Gasteiger charge is 2.52. The van der Waals surface area contributed by atoms with Crippen molar-refractivity contribution in [3.8, 4) is 0 Å². The van der Waals surface area contributed by atoms with Crippen LogP contribution >= 0.6 is 0 Å². The lowest BCUT2D eigenvalue weighted by Gasteiger charge is -2.40. The van der Waals surface area contributed by atoms with Gasteiger partial charge in [-0.25, -0.2) is 4.79 Å². The van der Waals surface area contributed by atoms with Crippen LogP contribution in [-0.2, 0) is 4.79 Å². The zero-order chi connectivity index (χ0) is 15.0. The van der Waals surface area contributed by atoms with E-state index in [4.69, 9.17) is 8.83 Å². The molecular formula is C17H14O5. The summed E-state index contributed by atoms with van der Waals surface area (Å²) >= 11 is 0. The van der Waals surface area contributed by atoms with E-state index >= 15 is 0 Å². The van der Waals surface area contributed by atoms with Crippen LogP contribution < -0.4 is 5.63 Å². The Balaban J connectivity index is 1.75. The monoisotopic (exact) mass is 298 g/mol. The minimum atomic E-state index is -0.468. The van der Waals surface area contributed by atoms with Gasteiger partial charge in [0.2, 0.25) is 5.78 Å². The van der Waals surface area contributed by atoms with Gasteiger partial charge in [-0.2, -0.15) is 0 Å². The summed E-state index contributed by atoms with van der Waals surface area (Å²) in [5, 5.41) is 0.981. The topological polar surface area (TPSA) is 77.5 Å². The van der Waals surface area contributed by atoms with Gasteiger partial charge in [-0.1, -0.05) is 0 Å². The van der Waals surface area contributed by atoms with Crippen LogP contribution in [0.1, 0.15) is 47.7 Å². The molecule has 0 aliphatic heterocycles. The molecule has 5 rings (SSSR count). The smallest absolute Gasteiger partial charge is 0.346 e. The van der Waals surface area contributed by atoms with E-state index < -0.39 is 5.63 Å². The van der Waals surface area contributed by atoms with E-state index in [2.05, 4.69) is 0 Å². The SMILES string of the molecule is O=C1CCC2C1CCC1c3coc(=O)c4coc(c34)C(=O)C12. The normalized spacial score (nSPS) is 33.1. The van der Waals surface area contributed by atoms with Gasteiger partial charge < -0.3 is 8.83 Å². The van der Waals surface area contributed by atoms with E-state index in [9.17, 15) is 14.4 Å². The van der Waals surface area contributed by atoms with Crippen molar-refractivity contribution in [3.05, 3.63) is 34.3 Å². The Bertz CT molecular complexity index is 886. The van der Waals surface area contributed by atoms with E-state index in [0.29, 0.717) is 23.0 Å². The summed E-state index contributed by atoms with van der Waals surface area (Å²) in [5.41, 5.74) is 0.436. The first kappa shape index (κ1) is 12.4. The van der Waals surface area contributed by atoms with Crippen LogP contribution in [0, 0.1) is 17.8 Å². The molecule has 3 aliphatic rings. The second kappa shape index (κ2) is 3.97. The molecule has 0 saturated heterocycles. The van der Waals surface area contributed by atoms with Crippen LogP contribution in [0.15, 0.2) is 26.2 Å². The number of hydrogen-bond acceptors (Lipinski definition) is 5. The van der Waals surface area contributed by atoms with E-state index in [1.807, 2.05) is 0 Å². The van der Waals surface area contributed by atoms with E-state index in [0.717, 1.165) is 24.8 Å². The quantitative estimate of drug-likeness (QED) is 0.747. The molecule has 112 valence electrons. The highest BCUT2D eigenvalue weighted by molar-refractivity contribution is 6.11. The Morgan fingerprint density at radius 2 is 1.77 bits per heavy atom. The highest BCUT2D eigenvalue weighted by atomic mass is 16.4. The van der Waals surface area contributed by atoms with Crippen molar-refractivity contribution in [2.24, 2.45) is 17.8 Å². The summed E-state index contributed by atoms with van der Waals surface area (Å²) in [6.07, 6.45) is 5.79. The summed E-state index contributed by atoms with van der Waals surface area (Å²) in [6, 6.07) is 0. The number of hydrogen-bond donors (Lipinski definition) is 0. The van der Waals surface area contributed by atoms with Gasteiger partial charge in [0.15, 0.2) is 5.76 Å². The van der Waals surface area contributed by atoms with Gasteiger partial charge in [0, 0.05) is 29.2 Å². The molecule has 0 spiro atoms. The second-order valence-corrected chi connectivity index (χ2v) is 6.68. The van der Waals surface area contributed by atoms with Gasteiger partial charge in [0.25, 0.3) is 0 Å². The maximum absolute atomic E-state index is 12.9. The summed E-state index contributed by atoms with van der Waals surface area (Å²) in [6.45, 7) is 0. The molecule has 5 heteroatoms. The fraction of sp³-hybridized carbons (Fsp3) is 0.471. The lowest BCUT2D eigenvalue weighted by Crippen LogP contribution is -2.39. The number of ketones is 2. The van der Waals surface area contributed by atoms with Crippen LogP contribution in [0.4, 0.5) is 0 Å². The van der Waals surface area contributed by atoms with Crippen LogP contribution in [0.2, 0.25) is 0 Å². The molecule has 0 bridgehead atoms. The van der Waals surface area contributed by atoms with Crippen molar-refractivity contribution < 1.29 is 18.4 Å². The molecule has 4 atom stereocenters. The van der Waals surface area contributed by atoms with Crippen molar-refractivity contribution in [1.29, 1.82) is 0 Å². The zero-order valence-electron chi connectivity index (χ0n) is 11.8. The third-order valence-electron chi connectivity index (χ3n) is 5.86. The van der Waals surface area contributed by atoms with Crippen molar-refractivity contribution in [3.63, 3.8) is 0 Å². The molecule has 22 heavy (non-hydrogen) atoms. The fourth-order valence-electron chi connectivity index (χ4n) is 4.94. The molecule has 2 saturated carbocycles. The number of furan rings is 1. The van der Waals surface area contributed by atoms with Gasteiger partial charge >= 0.3 is 5.63 Å². The minimum absolute atomic E-state index is 0.0212. The Labute approximate surface area is 125 Å². The summed E-state index contributed by atoms with van der Waals surface area (Å²) in [7, 11) is 0. The average molecular weight is 298 g/mol. The molecule has 5 nitrogen and oxygen atoms in total. The van der Waals surface area contributed by atoms with Gasteiger partial charge in [0.1, 0.15) is 17.4 Å². The number of carbonyl (C=O) groups is 2. The third kappa shape index (κ3) is 1.32. The van der Waals surface area contributed by atoms with Gasteiger partial charge in [-0.15, -0.1) is 0 Å². The van der Waals surface area contributed by atoms with Gasteiger partial charge in [-0.3, -0.25) is 9.59 Å². The molecule has 3 aliphatic carbocycles. The van der Waals surface area contributed by atoms with Crippen molar-refractivity contribution in [1.82, 2.24) is 0 Å². The predicted octanol–water partition coefficient (Wildman–Crippen LogP) is 2.67. The van der Waals surface area contributed by atoms with Crippen LogP contribution in [-0.4, -0.2) is 11.6 Å². The maximum atomic E-state index is 12.9. The Morgan fingerprint density at radius 1 is 0.955 bits per heavy atom. The average Bonchev–Trinajstić information content (AvgIpc) is 3.11. The molecular weight excluding hydrogens is 284 g/mol. The molecule has 2 heterocycles. The summed E-state index contributed by atoms with van der Waals surface area (Å²) < 4.78 is 10.6. The Hall–Kier alpha value is -2.17. The second-order valence-electron chi connectivity index (χ2n) is 6.68. The molecule has 2 fully saturated rings. The molecule has 4 unspecified atom stereocenters. The first-order valence-electron chi connectivity index (χ1n) is 7.76. The maximum Gasteiger partial charge on any atom is 0.346 e. The Morgan fingerprint density at radius 3 is 2.64 bits per heavy atom. The van der Waals surface area contributed by atoms with Crippen LogP contribution in [0.3, 0.4) is 0 Å². The summed E-state index contributed by atoms with van der Waals surface area (Å²) in [5.74, 6) is 0.496. The number of carbonyl (C=O) groups excluding carboxylic acids is 2. The van der Waals surface area contributed by atoms with Crippen LogP contribution in [0.25, 0.3) is 10.8 Å². The minimum Gasteiger partial charge on any atom is -0.460 e. The number of Topliss-reactive ketones (excluding diaryl/α,β-unsaturated/α-hetero) is 2. The van der Waals surface area contributed by atoms with Crippen molar-refractivity contribution >= 4 is 22.3 Å². The highest BCUT2D eigenvalue weighted by Crippen LogP contribution is 2.54. The van der Waals surface area contributed by atoms with E-state index in [1.165, 1.54) is 12.5 Å². The van der Waals surface area contributed by atoms with Gasteiger partial charge in [-0.05, 0) is 31.1 Å². The molecule has 0 aromatic carbocycles. The molecule has 2 aromatic rings. The summed E-state index contributed by atoms with van der Waals surface area (Å²) in [4.78, 5) is 36.7. The van der Waals surface area contributed by atoms with E-state index in [-0.39, 0.29) is 35.2 Å². The molecule has 0 amide bonds. The standard InChI is InChI=1S/C17H14O5/c18-12-4-3-8-7(12)1-2-9-10-5-22-17(20)11-6-21-16(14(10)11)15(19)13(8)9/h5-9,13H,1-4H2. The predicted molar refractivity (Wildman–Crippen MR) is 75.8 cm³/mol. The van der Waals surface area contributed by atoms with Crippen molar-refractivity contribution in [2.75, 3.05) is 0 Å². The Kier molecular flexibility index (Phi) is 2.23. The lowest BCUT2D eigenvalue weighted by molar-refractivity contribution is -0.122. The van der Waals surface area contributed by atoms with Crippen LogP contribution in [0.5, 0.6) is 0 Å². The fourth-order valence-corrected chi connectivity index (χ4v) is 4.94. The molecule has 0 radical (unpaired) electrons. The van der Waals surface area contributed by atoms with E-state index in [1.54, 1.807) is 0 Å². The number of rotatable bonds is 0. The number of fused-ring (bicyclic) bond motifs is 4. The van der Waals surface area contributed by atoms with Gasteiger partial charge in [0.05, 0.1) is 6.26 Å². The first-order chi connectivity index (χ1) is 10.7. The van der Waals surface area contributed by atoms with Crippen molar-refractivity contribution in [2.45, 2.75) is 31.6 Å². The third-order valence-corrected chi connectivity index (χ3v) is 5.86.